The van der Waals surface area contributed by atoms with Crippen molar-refractivity contribution in [2.24, 2.45) is 0 Å². The number of carbonyl (C=O) groups excluding carboxylic acids is 2. The van der Waals surface area contributed by atoms with Gasteiger partial charge in [-0.25, -0.2) is 4.79 Å². The highest BCUT2D eigenvalue weighted by atomic mass is 16.6. The molecular weight excluding hydrogens is 362 g/mol. The third-order valence-corrected chi connectivity index (χ3v) is 4.46. The first-order chi connectivity index (χ1) is 13.2. The summed E-state index contributed by atoms with van der Waals surface area (Å²) < 4.78 is 21.4. The Morgan fingerprint density at radius 1 is 1.07 bits per heavy atom. The van der Waals surface area contributed by atoms with Crippen LogP contribution in [0.3, 0.4) is 0 Å². The lowest BCUT2D eigenvalue weighted by atomic mass is 10.1. The Kier molecular flexibility index (Phi) is 7.54. The summed E-state index contributed by atoms with van der Waals surface area (Å²) >= 11 is 0. The zero-order valence-electron chi connectivity index (χ0n) is 17.4. The Balaban J connectivity index is 1.75. The van der Waals surface area contributed by atoms with Gasteiger partial charge in [0, 0.05) is 32.4 Å². The van der Waals surface area contributed by atoms with Gasteiger partial charge in [-0.2, -0.15) is 0 Å². The molecule has 2 rings (SSSR count). The Labute approximate surface area is 166 Å². The van der Waals surface area contributed by atoms with Crippen molar-refractivity contribution >= 4 is 12.1 Å². The number of hydrogen-bond donors (Lipinski definition) is 0. The molecule has 0 aromatic heterocycles. The summed E-state index contributed by atoms with van der Waals surface area (Å²) in [5.41, 5.74) is 0.471. The molecule has 1 aromatic rings. The van der Waals surface area contributed by atoms with Crippen LogP contribution >= 0.6 is 0 Å². The van der Waals surface area contributed by atoms with Crippen molar-refractivity contribution in [3.63, 3.8) is 0 Å². The zero-order chi connectivity index (χ0) is 20.7. The summed E-state index contributed by atoms with van der Waals surface area (Å²) in [7, 11) is 3.17. The van der Waals surface area contributed by atoms with Crippen LogP contribution in [0.25, 0.3) is 0 Å². The molecule has 1 heterocycles. The monoisotopic (exact) mass is 393 g/mol. The molecule has 1 fully saturated rings. The minimum absolute atomic E-state index is 0.156. The fourth-order valence-electron chi connectivity index (χ4n) is 3.01. The third-order valence-electron chi connectivity index (χ3n) is 4.46. The molecule has 1 aromatic carbocycles. The molecule has 1 aliphatic heterocycles. The number of nitrogens with zero attached hydrogens (tertiary/aromatic N) is 1. The first-order valence-electron chi connectivity index (χ1n) is 9.60. The van der Waals surface area contributed by atoms with Crippen molar-refractivity contribution in [1.29, 1.82) is 0 Å². The van der Waals surface area contributed by atoms with Gasteiger partial charge in [0.05, 0.1) is 14.2 Å². The van der Waals surface area contributed by atoms with Gasteiger partial charge in [-0.05, 0) is 44.9 Å². The molecule has 7 nitrogen and oxygen atoms in total. The molecular formula is C21H31NO6. The molecule has 0 bridgehead atoms. The predicted molar refractivity (Wildman–Crippen MR) is 105 cm³/mol. The van der Waals surface area contributed by atoms with E-state index >= 15 is 0 Å². The van der Waals surface area contributed by atoms with Gasteiger partial charge < -0.3 is 23.8 Å². The largest absolute Gasteiger partial charge is 0.493 e. The van der Waals surface area contributed by atoms with E-state index < -0.39 is 5.60 Å². The van der Waals surface area contributed by atoms with E-state index in [9.17, 15) is 9.59 Å². The van der Waals surface area contributed by atoms with E-state index in [2.05, 4.69) is 0 Å². The Morgan fingerprint density at radius 3 is 2.29 bits per heavy atom. The summed E-state index contributed by atoms with van der Waals surface area (Å²) in [6.07, 6.45) is 1.64. The van der Waals surface area contributed by atoms with Crippen LogP contribution in [-0.4, -0.2) is 56.0 Å². The van der Waals surface area contributed by atoms with E-state index in [4.69, 9.17) is 18.9 Å². The summed E-state index contributed by atoms with van der Waals surface area (Å²) in [6.45, 7) is 6.60. The number of piperidine rings is 1. The topological polar surface area (TPSA) is 74.3 Å². The number of benzene rings is 1. The van der Waals surface area contributed by atoms with Gasteiger partial charge in [0.2, 0.25) is 0 Å². The van der Waals surface area contributed by atoms with E-state index in [0.29, 0.717) is 50.3 Å². The van der Waals surface area contributed by atoms with E-state index in [1.807, 2.05) is 39.0 Å². The Bertz CT molecular complexity index is 674. The lowest BCUT2D eigenvalue weighted by Gasteiger charge is -2.33. The summed E-state index contributed by atoms with van der Waals surface area (Å²) in [4.78, 5) is 25.9. The fraction of sp³-hybridized carbons (Fsp3) is 0.619. The fourth-order valence-corrected chi connectivity index (χ4v) is 3.01. The van der Waals surface area contributed by atoms with Gasteiger partial charge >= 0.3 is 12.1 Å². The number of rotatable bonds is 6. The van der Waals surface area contributed by atoms with Gasteiger partial charge in [-0.15, -0.1) is 0 Å². The molecule has 1 amide bonds. The number of aryl methyl sites for hydroxylation is 1. The van der Waals surface area contributed by atoms with Crippen LogP contribution in [0.4, 0.5) is 4.79 Å². The number of ether oxygens (including phenoxy) is 4. The quantitative estimate of drug-likeness (QED) is 0.688. The maximum absolute atomic E-state index is 12.2. The van der Waals surface area contributed by atoms with Gasteiger partial charge in [-0.1, -0.05) is 6.07 Å². The SMILES string of the molecule is COc1ccc(CCC(=O)OC2CCN(C(=O)OC(C)(C)C)CC2)cc1OC. The van der Waals surface area contributed by atoms with Gasteiger partial charge in [0.1, 0.15) is 11.7 Å². The number of likely N-dealkylation sites (tertiary alicyclic amines) is 1. The van der Waals surface area contributed by atoms with Crippen molar-refractivity contribution in [2.45, 2.75) is 58.2 Å². The molecule has 0 unspecified atom stereocenters. The highest BCUT2D eigenvalue weighted by Crippen LogP contribution is 2.28. The van der Waals surface area contributed by atoms with Crippen LogP contribution in [0.5, 0.6) is 11.5 Å². The maximum atomic E-state index is 12.2. The normalized spacial score (nSPS) is 15.1. The second kappa shape index (κ2) is 9.66. The third kappa shape index (κ3) is 6.62. The lowest BCUT2D eigenvalue weighted by Crippen LogP contribution is -2.43. The van der Waals surface area contributed by atoms with E-state index in [1.165, 1.54) is 0 Å². The minimum Gasteiger partial charge on any atom is -0.493 e. The molecule has 0 N–H and O–H groups in total. The minimum atomic E-state index is -0.509. The van der Waals surface area contributed by atoms with Crippen molar-refractivity contribution in [3.05, 3.63) is 23.8 Å². The maximum Gasteiger partial charge on any atom is 0.410 e. The number of carbonyl (C=O) groups is 2. The molecule has 1 aliphatic rings. The molecule has 0 aliphatic carbocycles. The van der Waals surface area contributed by atoms with Gasteiger partial charge in [-0.3, -0.25) is 4.79 Å². The molecule has 0 atom stereocenters. The first kappa shape index (κ1) is 21.9. The first-order valence-corrected chi connectivity index (χ1v) is 9.60. The van der Waals surface area contributed by atoms with Crippen molar-refractivity contribution in [3.8, 4) is 11.5 Å². The van der Waals surface area contributed by atoms with Gasteiger partial charge in [0.25, 0.3) is 0 Å². The molecule has 156 valence electrons. The van der Waals surface area contributed by atoms with Crippen molar-refractivity contribution < 1.29 is 28.5 Å². The van der Waals surface area contributed by atoms with Crippen LogP contribution in [0.1, 0.15) is 45.6 Å². The van der Waals surface area contributed by atoms with Crippen molar-refractivity contribution in [1.82, 2.24) is 4.90 Å². The summed E-state index contributed by atoms with van der Waals surface area (Å²) in [5, 5.41) is 0. The summed E-state index contributed by atoms with van der Waals surface area (Å²) in [5.74, 6) is 1.07. The highest BCUT2D eigenvalue weighted by molar-refractivity contribution is 5.70. The predicted octanol–water partition coefficient (Wildman–Crippen LogP) is 3.58. The Morgan fingerprint density at radius 2 is 1.71 bits per heavy atom. The number of esters is 1. The molecule has 7 heteroatoms. The number of methoxy groups -OCH3 is 2. The molecule has 0 radical (unpaired) electrons. The van der Waals surface area contributed by atoms with Crippen LogP contribution in [0, 0.1) is 0 Å². The van der Waals surface area contributed by atoms with Crippen LogP contribution < -0.4 is 9.47 Å². The van der Waals surface area contributed by atoms with E-state index in [-0.39, 0.29) is 18.2 Å². The van der Waals surface area contributed by atoms with E-state index in [0.717, 1.165) is 5.56 Å². The second-order valence-corrected chi connectivity index (χ2v) is 7.85. The van der Waals surface area contributed by atoms with E-state index in [1.54, 1.807) is 19.1 Å². The summed E-state index contributed by atoms with van der Waals surface area (Å²) in [6, 6.07) is 5.60. The number of amides is 1. The molecule has 0 spiro atoms. The average Bonchev–Trinajstić information content (AvgIpc) is 2.65. The van der Waals surface area contributed by atoms with Crippen LogP contribution in [0.15, 0.2) is 18.2 Å². The number of hydrogen-bond acceptors (Lipinski definition) is 6. The van der Waals surface area contributed by atoms with Gasteiger partial charge in [0.15, 0.2) is 11.5 Å². The lowest BCUT2D eigenvalue weighted by molar-refractivity contribution is -0.151. The van der Waals surface area contributed by atoms with Crippen LogP contribution in [0.2, 0.25) is 0 Å². The average molecular weight is 393 g/mol. The Hall–Kier alpha value is -2.44. The standard InChI is InChI=1S/C21H31NO6/c1-21(2,3)28-20(24)22-12-10-16(11-13-22)27-19(23)9-7-15-6-8-17(25-4)18(14-15)26-5/h6,8,14,16H,7,9-13H2,1-5H3. The highest BCUT2D eigenvalue weighted by Gasteiger charge is 2.28. The smallest absolute Gasteiger partial charge is 0.410 e. The second-order valence-electron chi connectivity index (χ2n) is 7.85. The molecule has 0 saturated carbocycles. The zero-order valence-corrected chi connectivity index (χ0v) is 17.4. The van der Waals surface area contributed by atoms with Crippen molar-refractivity contribution in [2.75, 3.05) is 27.3 Å². The molecule has 1 saturated heterocycles. The molecule has 28 heavy (non-hydrogen) atoms. The van der Waals surface area contributed by atoms with Crippen LogP contribution in [-0.2, 0) is 20.7 Å².